The van der Waals surface area contributed by atoms with Crippen molar-refractivity contribution in [3.8, 4) is 0 Å². The van der Waals surface area contributed by atoms with E-state index in [2.05, 4.69) is 60.6 Å². The van der Waals surface area contributed by atoms with Gasteiger partial charge < -0.3 is 4.74 Å². The maximum absolute atomic E-state index is 5.67. The second-order valence-electron chi connectivity index (χ2n) is 7.54. The lowest BCUT2D eigenvalue weighted by atomic mass is 9.67. The van der Waals surface area contributed by atoms with Crippen molar-refractivity contribution < 1.29 is 4.74 Å². The standard InChI is InChI=1S/C19H30O/c1-12(2)15(5)19(6,7)18-9-17-14(4)10-20-11-16(17)8-13(18)3/h8-9,12,14-15H,10-11H2,1-7H3. The van der Waals surface area contributed by atoms with Gasteiger partial charge in [0.25, 0.3) is 0 Å². The molecule has 0 amide bonds. The average Bonchev–Trinajstić information content (AvgIpc) is 2.37. The van der Waals surface area contributed by atoms with Crippen molar-refractivity contribution in [2.24, 2.45) is 11.8 Å². The SMILES string of the molecule is Cc1cc2c(cc1C(C)(C)C(C)C(C)C)C(C)COC2. The van der Waals surface area contributed by atoms with Crippen LogP contribution in [-0.4, -0.2) is 6.61 Å². The zero-order valence-electron chi connectivity index (χ0n) is 14.2. The van der Waals surface area contributed by atoms with Crippen molar-refractivity contribution >= 4 is 0 Å². The maximum Gasteiger partial charge on any atom is 0.0720 e. The van der Waals surface area contributed by atoms with E-state index in [0.717, 1.165) is 13.2 Å². The predicted octanol–water partition coefficient (Wildman–Crippen LogP) is 5.20. The smallest absolute Gasteiger partial charge is 0.0720 e. The largest absolute Gasteiger partial charge is 0.376 e. The average molecular weight is 274 g/mol. The van der Waals surface area contributed by atoms with E-state index < -0.39 is 0 Å². The Balaban J connectivity index is 2.49. The second-order valence-corrected chi connectivity index (χ2v) is 7.54. The molecule has 1 nitrogen and oxygen atoms in total. The number of aryl methyl sites for hydroxylation is 1. The highest BCUT2D eigenvalue weighted by Crippen LogP contribution is 2.40. The van der Waals surface area contributed by atoms with Crippen molar-refractivity contribution in [1.82, 2.24) is 0 Å². The molecular formula is C19H30O. The quantitative estimate of drug-likeness (QED) is 0.736. The maximum atomic E-state index is 5.67. The Labute approximate surface area is 124 Å². The van der Waals surface area contributed by atoms with E-state index in [1.54, 1.807) is 0 Å². The predicted molar refractivity (Wildman–Crippen MR) is 86.3 cm³/mol. The van der Waals surface area contributed by atoms with Gasteiger partial charge in [0, 0.05) is 5.92 Å². The molecule has 0 saturated heterocycles. The molecule has 2 atom stereocenters. The molecule has 0 saturated carbocycles. The summed E-state index contributed by atoms with van der Waals surface area (Å²) in [4.78, 5) is 0. The van der Waals surface area contributed by atoms with Crippen LogP contribution in [0, 0.1) is 18.8 Å². The molecule has 112 valence electrons. The molecule has 1 aliphatic rings. The number of hydrogen-bond acceptors (Lipinski definition) is 1. The van der Waals surface area contributed by atoms with Gasteiger partial charge in [0.1, 0.15) is 0 Å². The molecule has 1 heterocycles. The molecule has 0 spiro atoms. The molecule has 1 aromatic rings. The summed E-state index contributed by atoms with van der Waals surface area (Å²) in [7, 11) is 0. The van der Waals surface area contributed by atoms with Gasteiger partial charge in [0.15, 0.2) is 0 Å². The number of hydrogen-bond donors (Lipinski definition) is 0. The summed E-state index contributed by atoms with van der Waals surface area (Å²) in [6, 6.07) is 4.83. The molecule has 0 fully saturated rings. The second kappa shape index (κ2) is 5.52. The van der Waals surface area contributed by atoms with E-state index in [-0.39, 0.29) is 5.41 Å². The minimum absolute atomic E-state index is 0.214. The highest BCUT2D eigenvalue weighted by atomic mass is 16.5. The van der Waals surface area contributed by atoms with Crippen LogP contribution in [0.4, 0.5) is 0 Å². The van der Waals surface area contributed by atoms with Crippen molar-refractivity contribution in [1.29, 1.82) is 0 Å². The van der Waals surface area contributed by atoms with Crippen LogP contribution in [0.5, 0.6) is 0 Å². The van der Waals surface area contributed by atoms with Gasteiger partial charge in [-0.15, -0.1) is 0 Å². The van der Waals surface area contributed by atoms with Crippen LogP contribution < -0.4 is 0 Å². The number of benzene rings is 1. The molecular weight excluding hydrogens is 244 g/mol. The summed E-state index contributed by atoms with van der Waals surface area (Å²) >= 11 is 0. The molecule has 20 heavy (non-hydrogen) atoms. The van der Waals surface area contributed by atoms with E-state index in [1.807, 2.05) is 0 Å². The van der Waals surface area contributed by atoms with Crippen LogP contribution in [0.15, 0.2) is 12.1 Å². The topological polar surface area (TPSA) is 9.23 Å². The third kappa shape index (κ3) is 2.65. The molecule has 2 rings (SSSR count). The minimum Gasteiger partial charge on any atom is -0.376 e. The molecule has 1 aromatic carbocycles. The van der Waals surface area contributed by atoms with E-state index >= 15 is 0 Å². The van der Waals surface area contributed by atoms with Crippen molar-refractivity contribution in [2.45, 2.75) is 66.4 Å². The molecule has 2 unspecified atom stereocenters. The van der Waals surface area contributed by atoms with Gasteiger partial charge in [-0.25, -0.2) is 0 Å². The summed E-state index contributed by atoms with van der Waals surface area (Å²) in [5.74, 6) is 1.87. The first kappa shape index (κ1) is 15.6. The van der Waals surface area contributed by atoms with E-state index in [4.69, 9.17) is 4.74 Å². The first-order valence-corrected chi connectivity index (χ1v) is 7.96. The van der Waals surface area contributed by atoms with Crippen molar-refractivity contribution in [3.63, 3.8) is 0 Å². The fraction of sp³-hybridized carbons (Fsp3) is 0.684. The van der Waals surface area contributed by atoms with Gasteiger partial charge in [-0.3, -0.25) is 0 Å². The highest BCUT2D eigenvalue weighted by molar-refractivity contribution is 5.43. The van der Waals surface area contributed by atoms with Crippen molar-refractivity contribution in [2.75, 3.05) is 6.61 Å². The van der Waals surface area contributed by atoms with Crippen molar-refractivity contribution in [3.05, 3.63) is 34.4 Å². The Morgan fingerprint density at radius 2 is 1.85 bits per heavy atom. The molecule has 0 radical (unpaired) electrons. The van der Waals surface area contributed by atoms with Crippen LogP contribution in [-0.2, 0) is 16.8 Å². The van der Waals surface area contributed by atoms with Crippen LogP contribution in [0.1, 0.15) is 69.7 Å². The van der Waals surface area contributed by atoms with Crippen LogP contribution in [0.2, 0.25) is 0 Å². The lowest BCUT2D eigenvalue weighted by Gasteiger charge is -2.38. The fourth-order valence-corrected chi connectivity index (χ4v) is 3.58. The Morgan fingerprint density at radius 3 is 2.45 bits per heavy atom. The lowest BCUT2D eigenvalue weighted by molar-refractivity contribution is 0.0948. The Hall–Kier alpha value is -0.820. The van der Waals surface area contributed by atoms with Gasteiger partial charge in [-0.2, -0.15) is 0 Å². The Bertz CT molecular complexity index is 485. The monoisotopic (exact) mass is 274 g/mol. The molecule has 1 aliphatic heterocycles. The summed E-state index contributed by atoms with van der Waals surface area (Å²) < 4.78 is 5.67. The van der Waals surface area contributed by atoms with Gasteiger partial charge in [0.2, 0.25) is 0 Å². The summed E-state index contributed by atoms with van der Waals surface area (Å²) in [6.07, 6.45) is 0. The molecule has 0 bridgehead atoms. The number of rotatable bonds is 3. The van der Waals surface area contributed by atoms with Gasteiger partial charge in [-0.05, 0) is 46.4 Å². The third-order valence-electron chi connectivity index (χ3n) is 5.48. The van der Waals surface area contributed by atoms with E-state index in [0.29, 0.717) is 17.8 Å². The molecule has 0 N–H and O–H groups in total. The number of ether oxygens (including phenoxy) is 1. The van der Waals surface area contributed by atoms with Gasteiger partial charge in [0.05, 0.1) is 13.2 Å². The van der Waals surface area contributed by atoms with Crippen LogP contribution >= 0.6 is 0 Å². The molecule has 0 aromatic heterocycles. The van der Waals surface area contributed by atoms with E-state index in [9.17, 15) is 0 Å². The molecule has 0 aliphatic carbocycles. The Kier molecular flexibility index (Phi) is 4.30. The summed E-state index contributed by atoms with van der Waals surface area (Å²) in [5.41, 5.74) is 6.04. The first-order valence-electron chi connectivity index (χ1n) is 7.96. The van der Waals surface area contributed by atoms with Crippen LogP contribution in [0.25, 0.3) is 0 Å². The van der Waals surface area contributed by atoms with Gasteiger partial charge in [-0.1, -0.05) is 53.7 Å². The van der Waals surface area contributed by atoms with E-state index in [1.165, 1.54) is 22.3 Å². The van der Waals surface area contributed by atoms with Gasteiger partial charge >= 0.3 is 0 Å². The lowest BCUT2D eigenvalue weighted by Crippen LogP contribution is -2.31. The first-order chi connectivity index (χ1) is 9.25. The third-order valence-corrected chi connectivity index (χ3v) is 5.48. The summed E-state index contributed by atoms with van der Waals surface area (Å²) in [6.45, 7) is 18.0. The molecule has 1 heteroatoms. The normalized spacial score (nSPS) is 20.9. The zero-order chi connectivity index (χ0) is 15.1. The highest BCUT2D eigenvalue weighted by Gasteiger charge is 2.32. The Morgan fingerprint density at radius 1 is 1.20 bits per heavy atom. The zero-order valence-corrected chi connectivity index (χ0v) is 14.2. The number of fused-ring (bicyclic) bond motifs is 1. The fourth-order valence-electron chi connectivity index (χ4n) is 3.58. The minimum atomic E-state index is 0.214. The van der Waals surface area contributed by atoms with Crippen LogP contribution in [0.3, 0.4) is 0 Å². The summed E-state index contributed by atoms with van der Waals surface area (Å²) in [5, 5.41) is 0.